The van der Waals surface area contributed by atoms with Crippen molar-refractivity contribution >= 4 is 0 Å². The van der Waals surface area contributed by atoms with Gasteiger partial charge in [-0.3, -0.25) is 4.90 Å². The fourth-order valence-corrected chi connectivity index (χ4v) is 1.83. The van der Waals surface area contributed by atoms with Gasteiger partial charge in [0.15, 0.2) is 0 Å². The minimum absolute atomic E-state index is 0.0257. The molecular weight excluding hydrogens is 204 g/mol. The van der Waals surface area contributed by atoms with Crippen LogP contribution in [-0.2, 0) is 4.74 Å². The van der Waals surface area contributed by atoms with Gasteiger partial charge >= 0.3 is 0 Å². The van der Waals surface area contributed by atoms with Crippen molar-refractivity contribution in [1.29, 1.82) is 0 Å². The van der Waals surface area contributed by atoms with E-state index in [2.05, 4.69) is 4.90 Å². The molecule has 0 radical (unpaired) electrons. The Kier molecular flexibility index (Phi) is 5.52. The van der Waals surface area contributed by atoms with Crippen LogP contribution < -0.4 is 5.73 Å². The van der Waals surface area contributed by atoms with Crippen molar-refractivity contribution < 1.29 is 9.15 Å². The zero-order valence-electron chi connectivity index (χ0n) is 10.3. The van der Waals surface area contributed by atoms with Crippen molar-refractivity contribution in [2.75, 3.05) is 26.8 Å². The average Bonchev–Trinajstić information content (AvgIpc) is 2.71. The maximum absolute atomic E-state index is 5.99. The lowest BCUT2D eigenvalue weighted by molar-refractivity contribution is 0.0965. The zero-order chi connectivity index (χ0) is 12.0. The fraction of sp³-hybridized carbons (Fsp3) is 0.667. The van der Waals surface area contributed by atoms with Crippen molar-refractivity contribution in [2.45, 2.75) is 25.9 Å². The lowest BCUT2D eigenvalue weighted by atomic mass is 10.1. The molecular formula is C12H22N2O2. The minimum Gasteiger partial charge on any atom is -0.468 e. The number of nitrogens with zero attached hydrogens (tertiary/aromatic N) is 1. The molecule has 92 valence electrons. The van der Waals surface area contributed by atoms with E-state index in [1.54, 1.807) is 6.26 Å². The van der Waals surface area contributed by atoms with Gasteiger partial charge in [-0.15, -0.1) is 0 Å². The van der Waals surface area contributed by atoms with Crippen LogP contribution in [0.4, 0.5) is 0 Å². The molecule has 0 amide bonds. The quantitative estimate of drug-likeness (QED) is 0.718. The van der Waals surface area contributed by atoms with E-state index in [0.29, 0.717) is 0 Å². The Labute approximate surface area is 97.4 Å². The number of ether oxygens (including phenoxy) is 1. The average molecular weight is 226 g/mol. The van der Waals surface area contributed by atoms with Gasteiger partial charge in [-0.05, 0) is 33.0 Å². The van der Waals surface area contributed by atoms with E-state index < -0.39 is 0 Å². The van der Waals surface area contributed by atoms with E-state index >= 15 is 0 Å². The Hall–Kier alpha value is -0.840. The molecule has 1 rings (SSSR count). The highest BCUT2D eigenvalue weighted by Crippen LogP contribution is 2.22. The van der Waals surface area contributed by atoms with Gasteiger partial charge in [0.1, 0.15) is 5.76 Å². The van der Waals surface area contributed by atoms with E-state index in [4.69, 9.17) is 14.9 Å². The maximum atomic E-state index is 5.99. The predicted molar refractivity (Wildman–Crippen MR) is 64.2 cm³/mol. The summed E-state index contributed by atoms with van der Waals surface area (Å²) in [4.78, 5) is 2.17. The Morgan fingerprint density at radius 3 is 2.81 bits per heavy atom. The highest BCUT2D eigenvalue weighted by molar-refractivity contribution is 5.07. The van der Waals surface area contributed by atoms with Crippen molar-refractivity contribution in [2.24, 2.45) is 5.73 Å². The molecule has 4 heteroatoms. The molecule has 0 aromatic carbocycles. The number of hydrogen-bond donors (Lipinski definition) is 1. The molecule has 16 heavy (non-hydrogen) atoms. The Bertz CT molecular complexity index is 273. The van der Waals surface area contributed by atoms with Crippen LogP contribution in [0, 0.1) is 0 Å². The third-order valence-corrected chi connectivity index (χ3v) is 2.60. The van der Waals surface area contributed by atoms with Crippen molar-refractivity contribution in [3.63, 3.8) is 0 Å². The lowest BCUT2D eigenvalue weighted by Crippen LogP contribution is -2.38. The third kappa shape index (κ3) is 3.63. The van der Waals surface area contributed by atoms with Crippen molar-refractivity contribution in [3.8, 4) is 0 Å². The number of likely N-dealkylation sites (N-methyl/N-ethyl adjacent to an activating group) is 1. The van der Waals surface area contributed by atoms with Crippen LogP contribution in [-0.4, -0.2) is 37.7 Å². The van der Waals surface area contributed by atoms with Gasteiger partial charge in [-0.2, -0.15) is 0 Å². The number of hydrogen-bond acceptors (Lipinski definition) is 4. The van der Waals surface area contributed by atoms with Crippen molar-refractivity contribution in [1.82, 2.24) is 4.90 Å². The number of nitrogens with two attached hydrogens (primary N) is 1. The van der Waals surface area contributed by atoms with Crippen LogP contribution in [0.15, 0.2) is 22.8 Å². The summed E-state index contributed by atoms with van der Waals surface area (Å²) in [5.41, 5.74) is 5.99. The standard InChI is InChI=1S/C12H22N2O2/c1-4-15-9-7-14(3)12(10(2)13)11-6-5-8-16-11/h5-6,8,10,12H,4,7,9,13H2,1-3H3. The molecule has 2 N–H and O–H groups in total. The molecule has 2 atom stereocenters. The summed E-state index contributed by atoms with van der Waals surface area (Å²) in [6, 6.07) is 3.99. The first-order valence-corrected chi connectivity index (χ1v) is 5.73. The normalized spacial score (nSPS) is 15.3. The monoisotopic (exact) mass is 226 g/mol. The second-order valence-corrected chi connectivity index (χ2v) is 4.00. The molecule has 4 nitrogen and oxygen atoms in total. The van der Waals surface area contributed by atoms with Gasteiger partial charge in [-0.25, -0.2) is 0 Å². The van der Waals surface area contributed by atoms with Gasteiger partial charge < -0.3 is 14.9 Å². The van der Waals surface area contributed by atoms with Gasteiger partial charge in [0.2, 0.25) is 0 Å². The van der Waals surface area contributed by atoms with E-state index in [-0.39, 0.29) is 12.1 Å². The number of furan rings is 1. The summed E-state index contributed by atoms with van der Waals surface area (Å²) in [5, 5.41) is 0. The van der Waals surface area contributed by atoms with Crippen LogP contribution in [0.5, 0.6) is 0 Å². The van der Waals surface area contributed by atoms with E-state index in [1.165, 1.54) is 0 Å². The van der Waals surface area contributed by atoms with E-state index in [0.717, 1.165) is 25.5 Å². The maximum Gasteiger partial charge on any atom is 0.122 e. The molecule has 2 unspecified atom stereocenters. The van der Waals surface area contributed by atoms with Gasteiger partial charge in [0.25, 0.3) is 0 Å². The SMILES string of the molecule is CCOCCN(C)C(c1ccco1)C(C)N. The molecule has 0 fully saturated rings. The summed E-state index contributed by atoms with van der Waals surface area (Å²) >= 11 is 0. The fourth-order valence-electron chi connectivity index (χ4n) is 1.83. The summed E-state index contributed by atoms with van der Waals surface area (Å²) in [6.45, 7) is 6.30. The predicted octanol–water partition coefficient (Wildman–Crippen LogP) is 1.64. The molecule has 1 aromatic rings. The molecule has 0 bridgehead atoms. The highest BCUT2D eigenvalue weighted by Gasteiger charge is 2.23. The highest BCUT2D eigenvalue weighted by atomic mass is 16.5. The van der Waals surface area contributed by atoms with Gasteiger partial charge in [-0.1, -0.05) is 0 Å². The second kappa shape index (κ2) is 6.68. The lowest BCUT2D eigenvalue weighted by Gasteiger charge is -2.29. The van der Waals surface area contributed by atoms with Crippen LogP contribution in [0.2, 0.25) is 0 Å². The topological polar surface area (TPSA) is 51.6 Å². The van der Waals surface area contributed by atoms with Crippen LogP contribution in [0.25, 0.3) is 0 Å². The van der Waals surface area contributed by atoms with Crippen LogP contribution >= 0.6 is 0 Å². The summed E-state index contributed by atoms with van der Waals surface area (Å²) in [6.07, 6.45) is 1.68. The molecule has 0 saturated carbocycles. The number of rotatable bonds is 7. The molecule has 1 aromatic heterocycles. The Morgan fingerprint density at radius 1 is 1.56 bits per heavy atom. The van der Waals surface area contributed by atoms with Gasteiger partial charge in [0, 0.05) is 19.2 Å². The molecule has 0 aliphatic heterocycles. The molecule has 0 aliphatic carbocycles. The molecule has 1 heterocycles. The van der Waals surface area contributed by atoms with Crippen molar-refractivity contribution in [3.05, 3.63) is 24.2 Å². The minimum atomic E-state index is 0.0257. The summed E-state index contributed by atoms with van der Waals surface area (Å²) in [7, 11) is 2.04. The Balaban J connectivity index is 2.56. The van der Waals surface area contributed by atoms with E-state index in [1.807, 2.05) is 33.0 Å². The first kappa shape index (κ1) is 13.2. The molecule has 0 saturated heterocycles. The van der Waals surface area contributed by atoms with Crippen LogP contribution in [0.3, 0.4) is 0 Å². The zero-order valence-corrected chi connectivity index (χ0v) is 10.3. The van der Waals surface area contributed by atoms with Gasteiger partial charge in [0.05, 0.1) is 18.9 Å². The first-order chi connectivity index (χ1) is 7.66. The third-order valence-electron chi connectivity index (χ3n) is 2.60. The molecule has 0 spiro atoms. The van der Waals surface area contributed by atoms with Crippen LogP contribution in [0.1, 0.15) is 25.6 Å². The molecule has 0 aliphatic rings. The van der Waals surface area contributed by atoms with E-state index in [9.17, 15) is 0 Å². The smallest absolute Gasteiger partial charge is 0.122 e. The summed E-state index contributed by atoms with van der Waals surface area (Å²) < 4.78 is 10.8. The largest absolute Gasteiger partial charge is 0.468 e. The first-order valence-electron chi connectivity index (χ1n) is 5.73. The second-order valence-electron chi connectivity index (χ2n) is 4.00. The Morgan fingerprint density at radius 2 is 2.31 bits per heavy atom. The summed E-state index contributed by atoms with van der Waals surface area (Å²) in [5.74, 6) is 0.911.